The molecule has 1 aromatic carbocycles. The van der Waals surface area contributed by atoms with Crippen LogP contribution >= 0.6 is 0 Å². The largest absolute Gasteiger partial charge is 0.472 e. The molecule has 0 bridgehead atoms. The Morgan fingerprint density at radius 1 is 1.38 bits per heavy atom. The van der Waals surface area contributed by atoms with Gasteiger partial charge in [-0.05, 0) is 30.7 Å². The van der Waals surface area contributed by atoms with Crippen LogP contribution in [0.25, 0.3) is 0 Å². The predicted molar refractivity (Wildman–Crippen MR) is 62.3 cm³/mol. The maximum absolute atomic E-state index is 11.7. The predicted octanol–water partition coefficient (Wildman–Crippen LogP) is 2.42. The van der Waals surface area contributed by atoms with Crippen molar-refractivity contribution >= 4 is 17.3 Å². The summed E-state index contributed by atoms with van der Waals surface area (Å²) in [6.45, 7) is 1.91. The Hall–Kier alpha value is -2.23. The average Bonchev–Trinajstić information content (AvgIpc) is 2.76. The lowest BCUT2D eigenvalue weighted by atomic mass is 10.1. The number of carbonyl (C=O) groups excluding carboxylic acids is 1. The first-order valence-electron chi connectivity index (χ1n) is 4.86. The summed E-state index contributed by atoms with van der Waals surface area (Å²) in [6.07, 6.45) is 2.86. The van der Waals surface area contributed by atoms with Crippen LogP contribution in [0.3, 0.4) is 0 Å². The van der Waals surface area contributed by atoms with Crippen molar-refractivity contribution in [1.29, 1.82) is 0 Å². The van der Waals surface area contributed by atoms with E-state index in [9.17, 15) is 4.79 Å². The van der Waals surface area contributed by atoms with Crippen LogP contribution in [-0.2, 0) is 0 Å². The molecule has 0 aliphatic carbocycles. The maximum atomic E-state index is 11.7. The summed E-state index contributed by atoms with van der Waals surface area (Å²) >= 11 is 0. The van der Waals surface area contributed by atoms with Gasteiger partial charge in [-0.3, -0.25) is 4.79 Å². The first-order valence-corrected chi connectivity index (χ1v) is 4.86. The van der Waals surface area contributed by atoms with E-state index in [0.717, 1.165) is 5.56 Å². The van der Waals surface area contributed by atoms with Crippen LogP contribution in [0, 0.1) is 6.92 Å². The van der Waals surface area contributed by atoms with E-state index in [4.69, 9.17) is 10.2 Å². The zero-order valence-corrected chi connectivity index (χ0v) is 8.86. The normalized spacial score (nSPS) is 10.1. The molecule has 2 rings (SSSR count). The van der Waals surface area contributed by atoms with Crippen molar-refractivity contribution in [2.45, 2.75) is 6.92 Å². The minimum absolute atomic E-state index is 0.206. The molecule has 0 saturated carbocycles. The molecule has 0 aliphatic heterocycles. The fraction of sp³-hybridized carbons (Fsp3) is 0.0833. The number of nitrogens with two attached hydrogens (primary N) is 1. The molecule has 2 aromatic rings. The first-order chi connectivity index (χ1) is 7.66. The van der Waals surface area contributed by atoms with Gasteiger partial charge in [0.15, 0.2) is 0 Å². The molecule has 0 fully saturated rings. The van der Waals surface area contributed by atoms with Gasteiger partial charge in [0.25, 0.3) is 5.91 Å². The first kappa shape index (κ1) is 10.3. The second-order valence-electron chi connectivity index (χ2n) is 3.54. The zero-order chi connectivity index (χ0) is 11.5. The highest BCUT2D eigenvalue weighted by molar-refractivity contribution is 6.04. The number of amides is 1. The number of nitrogens with one attached hydrogen (secondary N) is 1. The third kappa shape index (κ3) is 2.06. The van der Waals surface area contributed by atoms with E-state index in [2.05, 4.69) is 5.32 Å². The molecule has 1 aromatic heterocycles. The molecule has 0 atom stereocenters. The van der Waals surface area contributed by atoms with E-state index < -0.39 is 0 Å². The number of hydrogen-bond acceptors (Lipinski definition) is 3. The number of nitrogen functional groups attached to an aromatic ring is 1. The Kier molecular flexibility index (Phi) is 2.64. The van der Waals surface area contributed by atoms with E-state index in [1.807, 2.05) is 13.0 Å². The number of hydrogen-bond donors (Lipinski definition) is 2. The fourth-order valence-electron chi connectivity index (χ4n) is 1.36. The summed E-state index contributed by atoms with van der Waals surface area (Å²) in [4.78, 5) is 11.7. The van der Waals surface area contributed by atoms with Gasteiger partial charge in [0.2, 0.25) is 0 Å². The van der Waals surface area contributed by atoms with Crippen molar-refractivity contribution in [3.05, 3.63) is 47.9 Å². The topological polar surface area (TPSA) is 68.3 Å². The Labute approximate surface area is 93.1 Å². The van der Waals surface area contributed by atoms with Gasteiger partial charge in [-0.25, -0.2) is 0 Å². The number of benzene rings is 1. The highest BCUT2D eigenvalue weighted by Crippen LogP contribution is 2.18. The molecule has 0 spiro atoms. The SMILES string of the molecule is Cc1ccc(N)cc1NC(=O)c1ccoc1. The van der Waals surface area contributed by atoms with Crippen LogP contribution < -0.4 is 11.1 Å². The van der Waals surface area contributed by atoms with Crippen molar-refractivity contribution in [3.63, 3.8) is 0 Å². The minimum Gasteiger partial charge on any atom is -0.472 e. The quantitative estimate of drug-likeness (QED) is 0.757. The molecule has 4 nitrogen and oxygen atoms in total. The van der Waals surface area contributed by atoms with Crippen LogP contribution in [-0.4, -0.2) is 5.91 Å². The molecule has 0 radical (unpaired) electrons. The summed E-state index contributed by atoms with van der Waals surface area (Å²) in [7, 11) is 0. The van der Waals surface area contributed by atoms with Gasteiger partial charge < -0.3 is 15.5 Å². The average molecular weight is 216 g/mol. The third-order valence-electron chi connectivity index (χ3n) is 2.29. The van der Waals surface area contributed by atoms with Gasteiger partial charge in [-0.2, -0.15) is 0 Å². The number of carbonyl (C=O) groups is 1. The summed E-state index contributed by atoms with van der Waals surface area (Å²) in [6, 6.07) is 6.99. The van der Waals surface area contributed by atoms with Crippen molar-refractivity contribution < 1.29 is 9.21 Å². The minimum atomic E-state index is -0.206. The second-order valence-corrected chi connectivity index (χ2v) is 3.54. The van der Waals surface area contributed by atoms with E-state index in [0.29, 0.717) is 16.9 Å². The van der Waals surface area contributed by atoms with Crippen molar-refractivity contribution in [2.24, 2.45) is 0 Å². The molecule has 16 heavy (non-hydrogen) atoms. The molecule has 4 heteroatoms. The maximum Gasteiger partial charge on any atom is 0.258 e. The molecule has 1 heterocycles. The lowest BCUT2D eigenvalue weighted by molar-refractivity contribution is 0.102. The van der Waals surface area contributed by atoms with Crippen LogP contribution in [0.15, 0.2) is 41.2 Å². The Morgan fingerprint density at radius 3 is 2.88 bits per heavy atom. The number of anilines is 2. The lowest BCUT2D eigenvalue weighted by Crippen LogP contribution is -2.12. The van der Waals surface area contributed by atoms with Crippen molar-refractivity contribution in [2.75, 3.05) is 11.1 Å². The van der Waals surface area contributed by atoms with E-state index in [1.165, 1.54) is 12.5 Å². The molecule has 3 N–H and O–H groups in total. The number of rotatable bonds is 2. The van der Waals surface area contributed by atoms with Gasteiger partial charge in [0.1, 0.15) is 6.26 Å². The van der Waals surface area contributed by atoms with Gasteiger partial charge in [0.05, 0.1) is 11.8 Å². The van der Waals surface area contributed by atoms with Crippen LogP contribution in [0.5, 0.6) is 0 Å². The summed E-state index contributed by atoms with van der Waals surface area (Å²) in [5, 5.41) is 2.77. The molecular weight excluding hydrogens is 204 g/mol. The molecule has 82 valence electrons. The smallest absolute Gasteiger partial charge is 0.258 e. The van der Waals surface area contributed by atoms with Crippen molar-refractivity contribution in [1.82, 2.24) is 0 Å². The van der Waals surface area contributed by atoms with E-state index >= 15 is 0 Å². The van der Waals surface area contributed by atoms with Crippen molar-refractivity contribution in [3.8, 4) is 0 Å². The van der Waals surface area contributed by atoms with Gasteiger partial charge in [0, 0.05) is 11.4 Å². The molecule has 0 saturated heterocycles. The monoisotopic (exact) mass is 216 g/mol. The second kappa shape index (κ2) is 4.10. The van der Waals surface area contributed by atoms with Crippen LogP contribution in [0.2, 0.25) is 0 Å². The number of aryl methyl sites for hydroxylation is 1. The Balaban J connectivity index is 2.21. The molecular formula is C12H12N2O2. The van der Waals surface area contributed by atoms with Gasteiger partial charge >= 0.3 is 0 Å². The highest BCUT2D eigenvalue weighted by Gasteiger charge is 2.08. The Morgan fingerprint density at radius 2 is 2.19 bits per heavy atom. The molecule has 0 aliphatic rings. The third-order valence-corrected chi connectivity index (χ3v) is 2.29. The summed E-state index contributed by atoms with van der Waals surface area (Å²) in [5.41, 5.74) is 8.44. The standard InChI is InChI=1S/C12H12N2O2/c1-8-2-3-10(13)6-11(8)14-12(15)9-4-5-16-7-9/h2-7H,13H2,1H3,(H,14,15). The van der Waals surface area contributed by atoms with E-state index in [1.54, 1.807) is 18.2 Å². The molecule has 0 unspecified atom stereocenters. The summed E-state index contributed by atoms with van der Waals surface area (Å²) in [5.74, 6) is -0.206. The summed E-state index contributed by atoms with van der Waals surface area (Å²) < 4.78 is 4.84. The molecule has 1 amide bonds. The van der Waals surface area contributed by atoms with Gasteiger partial charge in [-0.15, -0.1) is 0 Å². The van der Waals surface area contributed by atoms with Crippen LogP contribution in [0.1, 0.15) is 15.9 Å². The lowest BCUT2D eigenvalue weighted by Gasteiger charge is -2.07. The zero-order valence-electron chi connectivity index (χ0n) is 8.86. The number of furan rings is 1. The van der Waals surface area contributed by atoms with E-state index in [-0.39, 0.29) is 5.91 Å². The Bertz CT molecular complexity index is 504. The van der Waals surface area contributed by atoms with Gasteiger partial charge in [-0.1, -0.05) is 6.07 Å². The highest BCUT2D eigenvalue weighted by atomic mass is 16.3. The van der Waals surface area contributed by atoms with Crippen LogP contribution in [0.4, 0.5) is 11.4 Å². The fourth-order valence-corrected chi connectivity index (χ4v) is 1.36.